The Labute approximate surface area is 99.8 Å². The van der Waals surface area contributed by atoms with Crippen LogP contribution in [-0.4, -0.2) is 24.0 Å². The van der Waals surface area contributed by atoms with Crippen molar-refractivity contribution in [2.75, 3.05) is 13.7 Å². The minimum absolute atomic E-state index is 0.162. The Morgan fingerprint density at radius 3 is 3.00 bits per heavy atom. The van der Waals surface area contributed by atoms with Crippen molar-refractivity contribution in [3.8, 4) is 17.0 Å². The second-order valence-electron chi connectivity index (χ2n) is 3.74. The first kappa shape index (κ1) is 11.7. The number of benzene rings is 1. The number of ether oxygens (including phenoxy) is 1. The van der Waals surface area contributed by atoms with E-state index >= 15 is 0 Å². The first-order valence-electron chi connectivity index (χ1n) is 5.54. The van der Waals surface area contributed by atoms with Crippen LogP contribution >= 0.6 is 0 Å². The minimum atomic E-state index is 0.162. The van der Waals surface area contributed by atoms with Crippen molar-refractivity contribution in [2.45, 2.75) is 12.8 Å². The summed E-state index contributed by atoms with van der Waals surface area (Å²) in [7, 11) is 1.63. The molecule has 0 bridgehead atoms. The fraction of sp³-hybridized carbons (Fsp3) is 0.308. The maximum Gasteiger partial charge on any atom is 0.137 e. The van der Waals surface area contributed by atoms with Crippen LogP contribution in [0.4, 0.5) is 0 Å². The van der Waals surface area contributed by atoms with E-state index in [0.29, 0.717) is 12.8 Å². The molecule has 0 fully saturated rings. The second-order valence-corrected chi connectivity index (χ2v) is 3.74. The van der Waals surface area contributed by atoms with Gasteiger partial charge in [-0.25, -0.2) is 0 Å². The predicted octanol–water partition coefficient (Wildman–Crippen LogP) is 2.28. The molecule has 2 rings (SSSR count). The van der Waals surface area contributed by atoms with Gasteiger partial charge in [-0.1, -0.05) is 17.3 Å². The number of aliphatic hydroxyl groups excluding tert-OH is 1. The molecule has 0 aliphatic rings. The summed E-state index contributed by atoms with van der Waals surface area (Å²) in [4.78, 5) is 0. The molecule has 4 heteroatoms. The Morgan fingerprint density at radius 1 is 1.35 bits per heavy atom. The predicted molar refractivity (Wildman–Crippen MR) is 63.9 cm³/mol. The molecule has 0 amide bonds. The number of aliphatic hydroxyl groups is 1. The second kappa shape index (κ2) is 5.50. The quantitative estimate of drug-likeness (QED) is 0.860. The van der Waals surface area contributed by atoms with Crippen LogP contribution in [0.25, 0.3) is 11.3 Å². The van der Waals surface area contributed by atoms with Gasteiger partial charge in [0.05, 0.1) is 7.11 Å². The smallest absolute Gasteiger partial charge is 0.137 e. The third kappa shape index (κ3) is 2.85. The van der Waals surface area contributed by atoms with Crippen molar-refractivity contribution in [1.29, 1.82) is 0 Å². The van der Waals surface area contributed by atoms with Gasteiger partial charge in [0.1, 0.15) is 17.2 Å². The van der Waals surface area contributed by atoms with E-state index in [-0.39, 0.29) is 6.61 Å². The molecule has 0 unspecified atom stereocenters. The van der Waals surface area contributed by atoms with Crippen LogP contribution < -0.4 is 4.74 Å². The van der Waals surface area contributed by atoms with Crippen LogP contribution in [0.2, 0.25) is 0 Å². The van der Waals surface area contributed by atoms with E-state index in [1.807, 2.05) is 30.3 Å². The Kier molecular flexibility index (Phi) is 3.77. The van der Waals surface area contributed by atoms with E-state index in [9.17, 15) is 0 Å². The van der Waals surface area contributed by atoms with Gasteiger partial charge in [-0.05, 0) is 18.6 Å². The summed E-state index contributed by atoms with van der Waals surface area (Å²) in [5.74, 6) is 1.58. The number of aryl methyl sites for hydroxylation is 1. The third-order valence-corrected chi connectivity index (χ3v) is 2.51. The highest BCUT2D eigenvalue weighted by Crippen LogP contribution is 2.23. The summed E-state index contributed by atoms with van der Waals surface area (Å²) < 4.78 is 10.3. The van der Waals surface area contributed by atoms with E-state index in [1.54, 1.807) is 7.11 Å². The molecule has 0 aliphatic heterocycles. The molecular formula is C13H15NO3. The fourth-order valence-electron chi connectivity index (χ4n) is 1.60. The van der Waals surface area contributed by atoms with E-state index in [1.165, 1.54) is 0 Å². The van der Waals surface area contributed by atoms with Crippen LogP contribution in [0.3, 0.4) is 0 Å². The maximum absolute atomic E-state index is 8.74. The Bertz CT molecular complexity index is 479. The highest BCUT2D eigenvalue weighted by Gasteiger charge is 2.06. The van der Waals surface area contributed by atoms with E-state index in [4.69, 9.17) is 14.4 Å². The van der Waals surface area contributed by atoms with Crippen LogP contribution in [0.1, 0.15) is 12.2 Å². The highest BCUT2D eigenvalue weighted by atomic mass is 16.5. The summed E-state index contributed by atoms with van der Waals surface area (Å²) in [6.07, 6.45) is 1.39. The topological polar surface area (TPSA) is 55.5 Å². The van der Waals surface area contributed by atoms with Gasteiger partial charge in [-0.2, -0.15) is 0 Å². The van der Waals surface area contributed by atoms with Crippen molar-refractivity contribution >= 4 is 0 Å². The molecule has 0 saturated carbocycles. The summed E-state index contributed by atoms with van der Waals surface area (Å²) >= 11 is 0. The lowest BCUT2D eigenvalue weighted by atomic mass is 10.1. The van der Waals surface area contributed by atoms with Gasteiger partial charge in [0.25, 0.3) is 0 Å². The normalized spacial score (nSPS) is 10.5. The summed E-state index contributed by atoms with van der Waals surface area (Å²) in [5.41, 5.74) is 1.75. The molecule has 1 aromatic heterocycles. The zero-order chi connectivity index (χ0) is 12.1. The third-order valence-electron chi connectivity index (χ3n) is 2.51. The summed E-state index contributed by atoms with van der Waals surface area (Å²) in [6.45, 7) is 0.162. The standard InChI is InChI=1S/C13H15NO3/c1-16-11-5-2-4-10(8-11)13-9-12(17-14-13)6-3-7-15/h2,4-5,8-9,15H,3,6-7H2,1H3. The molecule has 0 aliphatic carbocycles. The van der Waals surface area contributed by atoms with Crippen LogP contribution in [0, 0.1) is 0 Å². The van der Waals surface area contributed by atoms with Gasteiger partial charge < -0.3 is 14.4 Å². The fourth-order valence-corrected chi connectivity index (χ4v) is 1.60. The molecular weight excluding hydrogens is 218 g/mol. The van der Waals surface area contributed by atoms with Gasteiger partial charge in [0.2, 0.25) is 0 Å². The van der Waals surface area contributed by atoms with Gasteiger partial charge >= 0.3 is 0 Å². The first-order valence-corrected chi connectivity index (χ1v) is 5.54. The molecule has 0 radical (unpaired) electrons. The van der Waals surface area contributed by atoms with Gasteiger partial charge in [-0.15, -0.1) is 0 Å². The highest BCUT2D eigenvalue weighted by molar-refractivity contribution is 5.60. The molecule has 1 N–H and O–H groups in total. The zero-order valence-electron chi connectivity index (χ0n) is 9.72. The lowest BCUT2D eigenvalue weighted by molar-refractivity contribution is 0.280. The average Bonchev–Trinajstić information content (AvgIpc) is 2.85. The molecule has 2 aromatic rings. The van der Waals surface area contributed by atoms with Gasteiger partial charge in [0, 0.05) is 24.7 Å². The number of hydrogen-bond donors (Lipinski definition) is 1. The Hall–Kier alpha value is -1.81. The largest absolute Gasteiger partial charge is 0.497 e. The molecule has 0 atom stereocenters. The number of methoxy groups -OCH3 is 1. The van der Waals surface area contributed by atoms with E-state index in [2.05, 4.69) is 5.16 Å². The Balaban J connectivity index is 2.18. The lowest BCUT2D eigenvalue weighted by Gasteiger charge is -2.00. The minimum Gasteiger partial charge on any atom is -0.497 e. The molecule has 1 aromatic carbocycles. The van der Waals surface area contributed by atoms with Crippen molar-refractivity contribution in [3.63, 3.8) is 0 Å². The lowest BCUT2D eigenvalue weighted by Crippen LogP contribution is -1.86. The number of rotatable bonds is 5. The van der Waals surface area contributed by atoms with Crippen molar-refractivity contribution in [2.24, 2.45) is 0 Å². The van der Waals surface area contributed by atoms with E-state index in [0.717, 1.165) is 22.8 Å². The van der Waals surface area contributed by atoms with E-state index < -0.39 is 0 Å². The molecule has 90 valence electrons. The summed E-state index contributed by atoms with van der Waals surface area (Å²) in [6, 6.07) is 9.56. The monoisotopic (exact) mass is 233 g/mol. The maximum atomic E-state index is 8.74. The van der Waals surface area contributed by atoms with Crippen molar-refractivity contribution in [3.05, 3.63) is 36.1 Å². The molecule has 4 nitrogen and oxygen atoms in total. The Morgan fingerprint density at radius 2 is 2.24 bits per heavy atom. The molecule has 1 heterocycles. The average molecular weight is 233 g/mol. The molecule has 0 spiro atoms. The van der Waals surface area contributed by atoms with Crippen LogP contribution in [0.15, 0.2) is 34.9 Å². The first-order chi connectivity index (χ1) is 8.33. The SMILES string of the molecule is COc1cccc(-c2cc(CCCO)on2)c1. The number of nitrogens with zero attached hydrogens (tertiary/aromatic N) is 1. The van der Waals surface area contributed by atoms with Crippen molar-refractivity contribution in [1.82, 2.24) is 5.16 Å². The van der Waals surface area contributed by atoms with Gasteiger partial charge in [0.15, 0.2) is 0 Å². The van der Waals surface area contributed by atoms with Gasteiger partial charge in [-0.3, -0.25) is 0 Å². The number of hydrogen-bond acceptors (Lipinski definition) is 4. The summed E-state index contributed by atoms with van der Waals surface area (Å²) in [5, 5.41) is 12.7. The zero-order valence-corrected chi connectivity index (χ0v) is 9.72. The van der Waals surface area contributed by atoms with Crippen molar-refractivity contribution < 1.29 is 14.4 Å². The molecule has 17 heavy (non-hydrogen) atoms. The molecule has 0 saturated heterocycles. The number of aromatic nitrogens is 1. The van der Waals surface area contributed by atoms with Crippen LogP contribution in [0.5, 0.6) is 5.75 Å². The van der Waals surface area contributed by atoms with Crippen LogP contribution in [-0.2, 0) is 6.42 Å².